The fourth-order valence-corrected chi connectivity index (χ4v) is 1.36. The highest BCUT2D eigenvalue weighted by Gasteiger charge is 2.12. The summed E-state index contributed by atoms with van der Waals surface area (Å²) in [5.41, 5.74) is 2.80. The second kappa shape index (κ2) is 4.05. The summed E-state index contributed by atoms with van der Waals surface area (Å²) in [4.78, 5) is 0. The first-order valence-corrected chi connectivity index (χ1v) is 4.49. The van der Waals surface area contributed by atoms with Crippen molar-refractivity contribution in [3.63, 3.8) is 0 Å². The van der Waals surface area contributed by atoms with Gasteiger partial charge in [0.15, 0.2) is 12.8 Å². The highest BCUT2D eigenvalue weighted by atomic mass is 15.0. The van der Waals surface area contributed by atoms with E-state index in [1.807, 2.05) is 13.8 Å². The van der Waals surface area contributed by atoms with E-state index in [2.05, 4.69) is 42.1 Å². The van der Waals surface area contributed by atoms with Crippen molar-refractivity contribution in [3.05, 3.63) is 35.4 Å². The van der Waals surface area contributed by atoms with Crippen molar-refractivity contribution in [2.24, 2.45) is 0 Å². The standard InChI is InChI=1S/C9H10N.C2H6/c1-10-6-8-4-2-3-5-9(8)7-10;1-2/h2-6H,7H2,1H3;1-2H3/q+1;. The molecule has 0 aromatic heterocycles. The van der Waals surface area contributed by atoms with Gasteiger partial charge in [0.05, 0.1) is 0 Å². The van der Waals surface area contributed by atoms with E-state index >= 15 is 0 Å². The zero-order chi connectivity index (χ0) is 8.97. The van der Waals surface area contributed by atoms with Gasteiger partial charge in [-0.15, -0.1) is 0 Å². The molecule has 64 valence electrons. The van der Waals surface area contributed by atoms with Gasteiger partial charge in [0.2, 0.25) is 0 Å². The molecule has 0 bridgehead atoms. The first kappa shape index (κ1) is 8.98. The second-order valence-electron chi connectivity index (χ2n) is 2.74. The lowest BCUT2D eigenvalue weighted by atomic mass is 10.1. The van der Waals surface area contributed by atoms with Crippen LogP contribution in [-0.4, -0.2) is 17.8 Å². The molecular weight excluding hydrogens is 146 g/mol. The van der Waals surface area contributed by atoms with Gasteiger partial charge in [0, 0.05) is 11.1 Å². The average Bonchev–Trinajstić information content (AvgIpc) is 2.48. The molecule has 1 aliphatic heterocycles. The molecule has 1 heteroatoms. The van der Waals surface area contributed by atoms with Crippen LogP contribution < -0.4 is 0 Å². The minimum Gasteiger partial charge on any atom is -0.234 e. The van der Waals surface area contributed by atoms with Crippen molar-refractivity contribution >= 4 is 6.21 Å². The van der Waals surface area contributed by atoms with Crippen LogP contribution in [-0.2, 0) is 6.54 Å². The molecule has 0 saturated heterocycles. The van der Waals surface area contributed by atoms with E-state index in [1.165, 1.54) is 11.1 Å². The van der Waals surface area contributed by atoms with E-state index in [1.54, 1.807) is 0 Å². The molecule has 0 amide bonds. The number of rotatable bonds is 0. The van der Waals surface area contributed by atoms with Gasteiger partial charge in [-0.1, -0.05) is 32.0 Å². The van der Waals surface area contributed by atoms with Crippen LogP contribution >= 0.6 is 0 Å². The monoisotopic (exact) mass is 162 g/mol. The predicted molar refractivity (Wildman–Crippen MR) is 52.8 cm³/mol. The maximum Gasteiger partial charge on any atom is 0.171 e. The smallest absolute Gasteiger partial charge is 0.171 e. The normalized spacial score (nSPS) is 12.8. The molecule has 0 saturated carbocycles. The Morgan fingerprint density at radius 2 is 1.83 bits per heavy atom. The molecule has 12 heavy (non-hydrogen) atoms. The van der Waals surface area contributed by atoms with Crippen molar-refractivity contribution < 1.29 is 4.58 Å². The third-order valence-corrected chi connectivity index (χ3v) is 1.83. The van der Waals surface area contributed by atoms with Crippen molar-refractivity contribution in [2.75, 3.05) is 7.05 Å². The fourth-order valence-electron chi connectivity index (χ4n) is 1.36. The van der Waals surface area contributed by atoms with E-state index in [4.69, 9.17) is 0 Å². The molecule has 1 aromatic rings. The van der Waals surface area contributed by atoms with Crippen molar-refractivity contribution in [3.8, 4) is 0 Å². The van der Waals surface area contributed by atoms with Crippen LogP contribution in [0.5, 0.6) is 0 Å². The molecule has 1 nitrogen and oxygen atoms in total. The Labute approximate surface area is 74.4 Å². The third-order valence-electron chi connectivity index (χ3n) is 1.83. The summed E-state index contributed by atoms with van der Waals surface area (Å²) in [6, 6.07) is 8.49. The van der Waals surface area contributed by atoms with Gasteiger partial charge < -0.3 is 0 Å². The largest absolute Gasteiger partial charge is 0.234 e. The number of hydrogen-bond acceptors (Lipinski definition) is 0. The maximum atomic E-state index is 2.20. The molecule has 0 radical (unpaired) electrons. The molecule has 2 rings (SSSR count). The Hall–Kier alpha value is -1.11. The quantitative estimate of drug-likeness (QED) is 0.515. The van der Waals surface area contributed by atoms with Crippen LogP contribution in [0.4, 0.5) is 0 Å². The zero-order valence-electron chi connectivity index (χ0n) is 8.04. The Morgan fingerprint density at radius 3 is 2.50 bits per heavy atom. The van der Waals surface area contributed by atoms with Crippen LogP contribution in [0.15, 0.2) is 24.3 Å². The summed E-state index contributed by atoms with van der Waals surface area (Å²) < 4.78 is 2.20. The third kappa shape index (κ3) is 1.73. The Bertz CT molecular complexity index is 287. The van der Waals surface area contributed by atoms with E-state index in [0.29, 0.717) is 0 Å². The minimum atomic E-state index is 1.07. The number of hydrogen-bond donors (Lipinski definition) is 0. The topological polar surface area (TPSA) is 3.01 Å². The van der Waals surface area contributed by atoms with Gasteiger partial charge >= 0.3 is 0 Å². The van der Waals surface area contributed by atoms with Crippen LogP contribution in [0.1, 0.15) is 25.0 Å². The van der Waals surface area contributed by atoms with E-state index in [9.17, 15) is 0 Å². The second-order valence-corrected chi connectivity index (χ2v) is 2.74. The van der Waals surface area contributed by atoms with E-state index < -0.39 is 0 Å². The van der Waals surface area contributed by atoms with Crippen LogP contribution in [0, 0.1) is 0 Å². The molecule has 0 spiro atoms. The van der Waals surface area contributed by atoms with Gasteiger partial charge in [-0.05, 0) is 6.07 Å². The SMILES string of the molecule is CC.C[N+]1=Cc2ccccc2C1. The predicted octanol–water partition coefficient (Wildman–Crippen LogP) is 2.29. The minimum absolute atomic E-state index is 1.07. The van der Waals surface area contributed by atoms with Gasteiger partial charge in [-0.25, -0.2) is 4.58 Å². The van der Waals surface area contributed by atoms with Gasteiger partial charge in [-0.3, -0.25) is 0 Å². The summed E-state index contributed by atoms with van der Waals surface area (Å²) in [5.74, 6) is 0. The highest BCUT2D eigenvalue weighted by molar-refractivity contribution is 5.79. The van der Waals surface area contributed by atoms with Gasteiger partial charge in [-0.2, -0.15) is 0 Å². The summed E-state index contributed by atoms with van der Waals surface area (Å²) in [6.07, 6.45) is 2.18. The van der Waals surface area contributed by atoms with E-state index in [0.717, 1.165) is 6.54 Å². The van der Waals surface area contributed by atoms with Gasteiger partial charge in [0.25, 0.3) is 0 Å². The Morgan fingerprint density at radius 1 is 1.17 bits per heavy atom. The van der Waals surface area contributed by atoms with Crippen LogP contribution in [0.2, 0.25) is 0 Å². The zero-order valence-corrected chi connectivity index (χ0v) is 8.04. The van der Waals surface area contributed by atoms with Crippen molar-refractivity contribution in [1.29, 1.82) is 0 Å². The summed E-state index contributed by atoms with van der Waals surface area (Å²) >= 11 is 0. The summed E-state index contributed by atoms with van der Waals surface area (Å²) in [6.45, 7) is 5.07. The maximum absolute atomic E-state index is 2.20. The molecule has 1 heterocycles. The molecule has 1 aliphatic rings. The summed E-state index contributed by atoms with van der Waals surface area (Å²) in [5, 5.41) is 0. The first-order chi connectivity index (χ1) is 5.86. The van der Waals surface area contributed by atoms with Crippen molar-refractivity contribution in [1.82, 2.24) is 0 Å². The average molecular weight is 162 g/mol. The lowest BCUT2D eigenvalue weighted by Crippen LogP contribution is -1.96. The van der Waals surface area contributed by atoms with Crippen LogP contribution in [0.25, 0.3) is 0 Å². The number of fused-ring (bicyclic) bond motifs is 1. The number of nitrogens with zero attached hydrogens (tertiary/aromatic N) is 1. The van der Waals surface area contributed by atoms with Crippen LogP contribution in [0.3, 0.4) is 0 Å². The molecule has 0 aliphatic carbocycles. The molecule has 0 unspecified atom stereocenters. The fraction of sp³-hybridized carbons (Fsp3) is 0.364. The van der Waals surface area contributed by atoms with Crippen molar-refractivity contribution in [2.45, 2.75) is 20.4 Å². The Kier molecular flexibility index (Phi) is 3.03. The van der Waals surface area contributed by atoms with Gasteiger partial charge in [0.1, 0.15) is 7.05 Å². The molecule has 0 fully saturated rings. The number of benzene rings is 1. The highest BCUT2D eigenvalue weighted by Crippen LogP contribution is 2.11. The van der Waals surface area contributed by atoms with E-state index in [-0.39, 0.29) is 0 Å². The molecular formula is C11H16N+. The lowest BCUT2D eigenvalue weighted by Gasteiger charge is -1.88. The lowest BCUT2D eigenvalue weighted by molar-refractivity contribution is -0.504. The first-order valence-electron chi connectivity index (χ1n) is 4.49. The molecule has 0 atom stereocenters. The molecule has 1 aromatic carbocycles. The molecule has 0 N–H and O–H groups in total. The summed E-state index contributed by atoms with van der Waals surface area (Å²) in [7, 11) is 2.10. The Balaban J connectivity index is 0.000000336.